The van der Waals surface area contributed by atoms with Crippen LogP contribution in [0.15, 0.2) is 53.4 Å². The predicted molar refractivity (Wildman–Crippen MR) is 88.2 cm³/mol. The molecule has 2 aromatic rings. The zero-order valence-corrected chi connectivity index (χ0v) is 13.0. The van der Waals surface area contributed by atoms with Gasteiger partial charge in [0, 0.05) is 21.7 Å². The molecular formula is C16H19ClN2S. The summed E-state index contributed by atoms with van der Waals surface area (Å²) in [6, 6.07) is 16.6. The van der Waals surface area contributed by atoms with Gasteiger partial charge in [0.15, 0.2) is 0 Å². The van der Waals surface area contributed by atoms with Crippen molar-refractivity contribution in [2.45, 2.75) is 24.3 Å². The summed E-state index contributed by atoms with van der Waals surface area (Å²) in [6.07, 6.45) is 0.828. The molecule has 0 bridgehead atoms. The van der Waals surface area contributed by atoms with E-state index in [2.05, 4.69) is 36.6 Å². The van der Waals surface area contributed by atoms with E-state index in [-0.39, 0.29) is 6.04 Å². The molecule has 2 rings (SSSR count). The summed E-state index contributed by atoms with van der Waals surface area (Å²) in [5.41, 5.74) is 5.28. The van der Waals surface area contributed by atoms with Crippen molar-refractivity contribution in [2.75, 3.05) is 5.75 Å². The van der Waals surface area contributed by atoms with Crippen molar-refractivity contribution in [1.29, 1.82) is 0 Å². The van der Waals surface area contributed by atoms with E-state index in [0.29, 0.717) is 0 Å². The van der Waals surface area contributed by atoms with Gasteiger partial charge in [-0.3, -0.25) is 11.3 Å². The van der Waals surface area contributed by atoms with Crippen molar-refractivity contribution in [2.24, 2.45) is 5.84 Å². The molecule has 1 unspecified atom stereocenters. The van der Waals surface area contributed by atoms with E-state index in [1.54, 1.807) is 11.8 Å². The molecular weight excluding hydrogens is 288 g/mol. The molecule has 0 radical (unpaired) electrons. The van der Waals surface area contributed by atoms with Crippen LogP contribution in [0.25, 0.3) is 0 Å². The van der Waals surface area contributed by atoms with Gasteiger partial charge >= 0.3 is 0 Å². The second kappa shape index (κ2) is 7.70. The molecule has 0 aliphatic heterocycles. The van der Waals surface area contributed by atoms with Crippen LogP contribution in [0.5, 0.6) is 0 Å². The molecule has 0 aliphatic carbocycles. The Kier molecular flexibility index (Phi) is 5.92. The molecule has 4 heteroatoms. The number of hydrogen-bond acceptors (Lipinski definition) is 3. The zero-order valence-electron chi connectivity index (χ0n) is 11.5. The van der Waals surface area contributed by atoms with Crippen LogP contribution in [-0.2, 0) is 6.42 Å². The normalized spacial score (nSPS) is 12.3. The Morgan fingerprint density at radius 2 is 1.85 bits per heavy atom. The van der Waals surface area contributed by atoms with E-state index in [4.69, 9.17) is 17.4 Å². The third-order valence-corrected chi connectivity index (χ3v) is 4.68. The van der Waals surface area contributed by atoms with Crippen LogP contribution in [0.3, 0.4) is 0 Å². The zero-order chi connectivity index (χ0) is 14.4. The summed E-state index contributed by atoms with van der Waals surface area (Å²) in [4.78, 5) is 1.26. The molecule has 20 heavy (non-hydrogen) atoms. The van der Waals surface area contributed by atoms with Crippen molar-refractivity contribution in [3.63, 3.8) is 0 Å². The standard InChI is InChI=1S/C16H19ClN2S/c1-12-6-8-15(9-7-12)20-11-14(19-18)10-13-4-2-3-5-16(13)17/h2-9,14,19H,10-11,18H2,1H3. The lowest BCUT2D eigenvalue weighted by Crippen LogP contribution is -2.38. The molecule has 0 aromatic heterocycles. The van der Waals surface area contributed by atoms with Crippen molar-refractivity contribution >= 4 is 23.4 Å². The van der Waals surface area contributed by atoms with Crippen molar-refractivity contribution < 1.29 is 0 Å². The summed E-state index contributed by atoms with van der Waals surface area (Å²) in [5, 5.41) is 0.799. The maximum absolute atomic E-state index is 6.18. The molecule has 1 atom stereocenters. The molecule has 0 saturated carbocycles. The molecule has 0 spiro atoms. The lowest BCUT2D eigenvalue weighted by atomic mass is 10.1. The third-order valence-electron chi connectivity index (χ3n) is 3.13. The summed E-state index contributed by atoms with van der Waals surface area (Å²) in [7, 11) is 0. The lowest BCUT2D eigenvalue weighted by molar-refractivity contribution is 0.575. The minimum absolute atomic E-state index is 0.196. The van der Waals surface area contributed by atoms with Crippen LogP contribution in [-0.4, -0.2) is 11.8 Å². The van der Waals surface area contributed by atoms with Crippen LogP contribution < -0.4 is 11.3 Å². The number of thioether (sulfide) groups is 1. The van der Waals surface area contributed by atoms with E-state index in [1.165, 1.54) is 10.5 Å². The number of hydrogen-bond donors (Lipinski definition) is 2. The topological polar surface area (TPSA) is 38.0 Å². The van der Waals surface area contributed by atoms with Gasteiger partial charge < -0.3 is 0 Å². The molecule has 2 nitrogen and oxygen atoms in total. The number of halogens is 1. The second-order valence-electron chi connectivity index (χ2n) is 4.78. The van der Waals surface area contributed by atoms with Gasteiger partial charge in [0.2, 0.25) is 0 Å². The van der Waals surface area contributed by atoms with E-state index < -0.39 is 0 Å². The lowest BCUT2D eigenvalue weighted by Gasteiger charge is -2.16. The average molecular weight is 307 g/mol. The number of hydrazine groups is 1. The first-order valence-electron chi connectivity index (χ1n) is 6.58. The smallest absolute Gasteiger partial charge is 0.0438 e. The molecule has 106 valence electrons. The van der Waals surface area contributed by atoms with Crippen LogP contribution >= 0.6 is 23.4 Å². The third kappa shape index (κ3) is 4.53. The second-order valence-corrected chi connectivity index (χ2v) is 6.28. The maximum atomic E-state index is 6.18. The van der Waals surface area contributed by atoms with Crippen LogP contribution in [0.2, 0.25) is 5.02 Å². The van der Waals surface area contributed by atoms with Gasteiger partial charge in [-0.15, -0.1) is 11.8 Å². The minimum atomic E-state index is 0.196. The number of nitrogens with one attached hydrogen (secondary N) is 1. The summed E-state index contributed by atoms with van der Waals surface area (Å²) in [5.74, 6) is 6.56. The Morgan fingerprint density at radius 3 is 2.50 bits per heavy atom. The van der Waals surface area contributed by atoms with E-state index in [0.717, 1.165) is 22.8 Å². The molecule has 0 saturated heterocycles. The number of rotatable bonds is 6. The fraction of sp³-hybridized carbons (Fsp3) is 0.250. The molecule has 3 N–H and O–H groups in total. The van der Waals surface area contributed by atoms with Gasteiger partial charge in [0.05, 0.1) is 0 Å². The number of aryl methyl sites for hydroxylation is 1. The summed E-state index contributed by atoms with van der Waals surface area (Å²) in [6.45, 7) is 2.09. The Balaban J connectivity index is 1.92. The first-order chi connectivity index (χ1) is 9.69. The van der Waals surface area contributed by atoms with Gasteiger partial charge in [-0.2, -0.15) is 0 Å². The molecule has 0 aliphatic rings. The van der Waals surface area contributed by atoms with E-state index >= 15 is 0 Å². The van der Waals surface area contributed by atoms with Gasteiger partial charge in [-0.05, 0) is 37.1 Å². The highest BCUT2D eigenvalue weighted by Gasteiger charge is 2.10. The van der Waals surface area contributed by atoms with Gasteiger partial charge in [0.1, 0.15) is 0 Å². The fourth-order valence-corrected chi connectivity index (χ4v) is 3.08. The van der Waals surface area contributed by atoms with E-state index in [1.807, 2.05) is 24.3 Å². The fourth-order valence-electron chi connectivity index (χ4n) is 1.93. The monoisotopic (exact) mass is 306 g/mol. The van der Waals surface area contributed by atoms with Crippen LogP contribution in [0.4, 0.5) is 0 Å². The SMILES string of the molecule is Cc1ccc(SCC(Cc2ccccc2Cl)NN)cc1. The largest absolute Gasteiger partial charge is 0.271 e. The maximum Gasteiger partial charge on any atom is 0.0438 e. The predicted octanol–water partition coefficient (Wildman–Crippen LogP) is 3.82. The molecule has 0 heterocycles. The minimum Gasteiger partial charge on any atom is -0.271 e. The summed E-state index contributed by atoms with van der Waals surface area (Å²) < 4.78 is 0. The first-order valence-corrected chi connectivity index (χ1v) is 7.94. The van der Waals surface area contributed by atoms with Gasteiger partial charge in [-0.25, -0.2) is 0 Å². The highest BCUT2D eigenvalue weighted by Crippen LogP contribution is 2.22. The summed E-state index contributed by atoms with van der Waals surface area (Å²) >= 11 is 7.99. The molecule has 0 fully saturated rings. The first kappa shape index (κ1) is 15.4. The van der Waals surface area contributed by atoms with Gasteiger partial charge in [0.25, 0.3) is 0 Å². The van der Waals surface area contributed by atoms with Crippen molar-refractivity contribution in [1.82, 2.24) is 5.43 Å². The number of nitrogens with two attached hydrogens (primary N) is 1. The number of benzene rings is 2. The van der Waals surface area contributed by atoms with Crippen LogP contribution in [0.1, 0.15) is 11.1 Å². The average Bonchev–Trinajstić information content (AvgIpc) is 2.47. The van der Waals surface area contributed by atoms with Crippen LogP contribution in [0, 0.1) is 6.92 Å². The van der Waals surface area contributed by atoms with Crippen molar-refractivity contribution in [3.8, 4) is 0 Å². The highest BCUT2D eigenvalue weighted by molar-refractivity contribution is 7.99. The van der Waals surface area contributed by atoms with Crippen molar-refractivity contribution in [3.05, 3.63) is 64.7 Å². The molecule has 2 aromatic carbocycles. The quantitative estimate of drug-likeness (QED) is 0.484. The Hall–Kier alpha value is -1.00. The Labute approximate surface area is 129 Å². The Morgan fingerprint density at radius 1 is 1.15 bits per heavy atom. The highest BCUT2D eigenvalue weighted by atomic mass is 35.5. The Bertz CT molecular complexity index is 542. The molecule has 0 amide bonds. The van der Waals surface area contributed by atoms with E-state index in [9.17, 15) is 0 Å². The van der Waals surface area contributed by atoms with Gasteiger partial charge in [-0.1, -0.05) is 47.5 Å².